The molecular formula is C12H14N4O8. The van der Waals surface area contributed by atoms with Crippen molar-refractivity contribution in [1.29, 1.82) is 0 Å². The fourth-order valence-electron chi connectivity index (χ4n) is 1.94. The van der Waals surface area contributed by atoms with E-state index in [4.69, 9.17) is 5.11 Å². The Labute approximate surface area is 133 Å². The molecular weight excluding hydrogens is 328 g/mol. The SMILES string of the molecule is C[C@@H](O)[C@@H](O)[C@H](O)[C@@H](O)C(=O)Nc1ccc([N+](=O)[O-])c2nonc12. The first-order chi connectivity index (χ1) is 11.2. The lowest BCUT2D eigenvalue weighted by molar-refractivity contribution is -0.383. The number of anilines is 1. The van der Waals surface area contributed by atoms with Crippen LogP contribution < -0.4 is 5.32 Å². The van der Waals surface area contributed by atoms with E-state index >= 15 is 0 Å². The van der Waals surface area contributed by atoms with Gasteiger partial charge in [-0.25, -0.2) is 4.63 Å². The fraction of sp³-hybridized carbons (Fsp3) is 0.417. The maximum absolute atomic E-state index is 11.9. The fourth-order valence-corrected chi connectivity index (χ4v) is 1.94. The Bertz CT molecular complexity index is 761. The summed E-state index contributed by atoms with van der Waals surface area (Å²) in [4.78, 5) is 22.1. The molecule has 5 N–H and O–H groups in total. The zero-order valence-corrected chi connectivity index (χ0v) is 12.2. The number of non-ortho nitro benzene ring substituents is 1. The summed E-state index contributed by atoms with van der Waals surface area (Å²) in [6.45, 7) is 1.17. The average Bonchev–Trinajstić information content (AvgIpc) is 3.02. The van der Waals surface area contributed by atoms with Gasteiger partial charge in [-0.3, -0.25) is 14.9 Å². The molecule has 2 rings (SSSR count). The minimum Gasteiger partial charge on any atom is -0.391 e. The zero-order valence-electron chi connectivity index (χ0n) is 12.2. The molecule has 4 atom stereocenters. The summed E-state index contributed by atoms with van der Waals surface area (Å²) >= 11 is 0. The maximum Gasteiger partial charge on any atom is 0.300 e. The molecule has 0 aliphatic heterocycles. The molecule has 0 radical (unpaired) electrons. The second-order valence-electron chi connectivity index (χ2n) is 5.01. The highest BCUT2D eigenvalue weighted by Crippen LogP contribution is 2.28. The number of fused-ring (bicyclic) bond motifs is 1. The molecule has 12 heteroatoms. The molecule has 24 heavy (non-hydrogen) atoms. The lowest BCUT2D eigenvalue weighted by atomic mass is 10.0. The van der Waals surface area contributed by atoms with E-state index in [-0.39, 0.29) is 16.7 Å². The number of aromatic nitrogens is 2. The molecule has 1 aromatic heterocycles. The van der Waals surface area contributed by atoms with E-state index in [0.29, 0.717) is 0 Å². The number of benzene rings is 1. The number of nitrogens with zero attached hydrogens (tertiary/aromatic N) is 3. The predicted molar refractivity (Wildman–Crippen MR) is 76.8 cm³/mol. The van der Waals surface area contributed by atoms with Crippen LogP contribution in [-0.4, -0.2) is 66.0 Å². The molecule has 2 aromatic rings. The number of hydrogen-bond donors (Lipinski definition) is 5. The molecule has 0 spiro atoms. The highest BCUT2D eigenvalue weighted by atomic mass is 16.6. The average molecular weight is 342 g/mol. The van der Waals surface area contributed by atoms with Gasteiger partial charge in [-0.1, -0.05) is 0 Å². The number of aliphatic hydroxyl groups is 4. The van der Waals surface area contributed by atoms with E-state index in [2.05, 4.69) is 20.3 Å². The third-order valence-electron chi connectivity index (χ3n) is 3.28. The lowest BCUT2D eigenvalue weighted by Gasteiger charge is -2.24. The van der Waals surface area contributed by atoms with Crippen molar-refractivity contribution in [3.05, 3.63) is 22.2 Å². The minimum atomic E-state index is -2.07. The highest BCUT2D eigenvalue weighted by molar-refractivity contribution is 6.03. The van der Waals surface area contributed by atoms with Crippen LogP contribution in [0.1, 0.15) is 6.92 Å². The Morgan fingerprint density at radius 1 is 1.21 bits per heavy atom. The molecule has 0 aliphatic rings. The van der Waals surface area contributed by atoms with Crippen LogP contribution in [0.15, 0.2) is 16.8 Å². The summed E-state index contributed by atoms with van der Waals surface area (Å²) in [7, 11) is 0. The molecule has 130 valence electrons. The Kier molecular flexibility index (Phi) is 5.04. The molecule has 0 unspecified atom stereocenters. The monoisotopic (exact) mass is 342 g/mol. The number of carbonyl (C=O) groups is 1. The van der Waals surface area contributed by atoms with Crippen LogP contribution in [0.4, 0.5) is 11.4 Å². The maximum atomic E-state index is 11.9. The van der Waals surface area contributed by atoms with Gasteiger partial charge in [-0.05, 0) is 23.3 Å². The van der Waals surface area contributed by atoms with Crippen molar-refractivity contribution < 1.29 is 34.8 Å². The second kappa shape index (κ2) is 6.84. The van der Waals surface area contributed by atoms with E-state index < -0.39 is 40.9 Å². The van der Waals surface area contributed by atoms with Crippen molar-refractivity contribution in [2.75, 3.05) is 5.32 Å². The molecule has 0 bridgehead atoms. The molecule has 1 aromatic carbocycles. The van der Waals surface area contributed by atoms with Crippen LogP contribution in [-0.2, 0) is 4.79 Å². The Morgan fingerprint density at radius 2 is 1.83 bits per heavy atom. The van der Waals surface area contributed by atoms with Crippen LogP contribution in [0, 0.1) is 10.1 Å². The van der Waals surface area contributed by atoms with Crippen LogP contribution in [0.2, 0.25) is 0 Å². The van der Waals surface area contributed by atoms with Crippen molar-refractivity contribution in [3.8, 4) is 0 Å². The summed E-state index contributed by atoms with van der Waals surface area (Å²) in [5.41, 5.74) is -0.791. The van der Waals surface area contributed by atoms with Crippen molar-refractivity contribution in [3.63, 3.8) is 0 Å². The summed E-state index contributed by atoms with van der Waals surface area (Å²) in [6, 6.07) is 2.20. The molecule has 1 heterocycles. The van der Waals surface area contributed by atoms with E-state index in [9.17, 15) is 30.2 Å². The number of aliphatic hydroxyl groups excluding tert-OH is 4. The number of nitrogens with one attached hydrogen (secondary N) is 1. The first-order valence-corrected chi connectivity index (χ1v) is 6.66. The van der Waals surface area contributed by atoms with Gasteiger partial charge in [0.1, 0.15) is 12.2 Å². The third kappa shape index (κ3) is 3.30. The quantitative estimate of drug-likeness (QED) is 0.306. The first kappa shape index (κ1) is 17.7. The summed E-state index contributed by atoms with van der Waals surface area (Å²) in [6.07, 6.45) is -7.15. The number of nitro benzene ring substituents is 1. The Balaban J connectivity index is 2.24. The molecule has 1 amide bonds. The van der Waals surface area contributed by atoms with Crippen molar-refractivity contribution in [2.24, 2.45) is 0 Å². The van der Waals surface area contributed by atoms with Crippen LogP contribution >= 0.6 is 0 Å². The van der Waals surface area contributed by atoms with Crippen LogP contribution in [0.5, 0.6) is 0 Å². The largest absolute Gasteiger partial charge is 0.391 e. The molecule has 12 nitrogen and oxygen atoms in total. The van der Waals surface area contributed by atoms with E-state index in [0.717, 1.165) is 12.1 Å². The van der Waals surface area contributed by atoms with Gasteiger partial charge >= 0.3 is 5.69 Å². The molecule has 0 saturated carbocycles. The van der Waals surface area contributed by atoms with Gasteiger partial charge < -0.3 is 25.7 Å². The number of nitro groups is 1. The van der Waals surface area contributed by atoms with Gasteiger partial charge in [-0.15, -0.1) is 0 Å². The van der Waals surface area contributed by atoms with E-state index in [1.807, 2.05) is 0 Å². The van der Waals surface area contributed by atoms with Gasteiger partial charge in [0.05, 0.1) is 16.7 Å². The number of hydrogen-bond acceptors (Lipinski definition) is 10. The lowest BCUT2D eigenvalue weighted by Crippen LogP contribution is -2.48. The van der Waals surface area contributed by atoms with Crippen molar-refractivity contribution >= 4 is 28.3 Å². The Morgan fingerprint density at radius 3 is 2.42 bits per heavy atom. The van der Waals surface area contributed by atoms with Crippen LogP contribution in [0.3, 0.4) is 0 Å². The smallest absolute Gasteiger partial charge is 0.300 e. The normalized spacial score (nSPS) is 16.4. The van der Waals surface area contributed by atoms with Crippen molar-refractivity contribution in [2.45, 2.75) is 31.3 Å². The summed E-state index contributed by atoms with van der Waals surface area (Å²) in [5, 5.41) is 57.9. The topological polar surface area (TPSA) is 192 Å². The zero-order chi connectivity index (χ0) is 18.0. The van der Waals surface area contributed by atoms with Gasteiger partial charge in [0, 0.05) is 6.07 Å². The Hall–Kier alpha value is -2.67. The van der Waals surface area contributed by atoms with Crippen molar-refractivity contribution in [1.82, 2.24) is 10.3 Å². The standard InChI is InChI=1S/C12H14N4O8/c1-4(17)9(18)10(19)11(20)12(21)13-5-2-3-6(16(22)23)8-7(5)14-24-15-8/h2-4,9-11,17-20H,1H3,(H,13,21)/t4-,9-,10+,11-/m1/s1. The summed E-state index contributed by atoms with van der Waals surface area (Å²) in [5.74, 6) is -1.12. The van der Waals surface area contributed by atoms with Gasteiger partial charge in [0.25, 0.3) is 5.91 Å². The second-order valence-corrected chi connectivity index (χ2v) is 5.01. The van der Waals surface area contributed by atoms with Gasteiger partial charge in [0.15, 0.2) is 11.6 Å². The number of rotatable bonds is 6. The highest BCUT2D eigenvalue weighted by Gasteiger charge is 2.33. The van der Waals surface area contributed by atoms with Gasteiger partial charge in [0.2, 0.25) is 5.52 Å². The van der Waals surface area contributed by atoms with E-state index in [1.165, 1.54) is 6.92 Å². The third-order valence-corrected chi connectivity index (χ3v) is 3.28. The predicted octanol–water partition coefficient (Wildman–Crippen LogP) is -1.47. The van der Waals surface area contributed by atoms with Gasteiger partial charge in [-0.2, -0.15) is 0 Å². The van der Waals surface area contributed by atoms with Crippen LogP contribution in [0.25, 0.3) is 11.0 Å². The molecule has 0 fully saturated rings. The summed E-state index contributed by atoms with van der Waals surface area (Å²) < 4.78 is 4.41. The van der Waals surface area contributed by atoms with E-state index in [1.54, 1.807) is 0 Å². The molecule has 0 aliphatic carbocycles. The molecule has 0 saturated heterocycles. The number of carbonyl (C=O) groups excluding carboxylic acids is 1. The number of amides is 1. The first-order valence-electron chi connectivity index (χ1n) is 6.66. The minimum absolute atomic E-state index is 0.0559.